The van der Waals surface area contributed by atoms with Crippen molar-refractivity contribution in [3.63, 3.8) is 0 Å². The van der Waals surface area contributed by atoms with Gasteiger partial charge in [-0.2, -0.15) is 26.3 Å². The molecule has 1 saturated heterocycles. The number of anilines is 1. The Kier molecular flexibility index (Phi) is 7.75. The third-order valence-electron chi connectivity index (χ3n) is 6.44. The Labute approximate surface area is 234 Å². The molecule has 0 spiro atoms. The van der Waals surface area contributed by atoms with E-state index in [1.807, 2.05) is 0 Å². The number of aromatic nitrogens is 4. The van der Waals surface area contributed by atoms with E-state index in [0.29, 0.717) is 44.3 Å². The van der Waals surface area contributed by atoms with E-state index in [4.69, 9.17) is 16.3 Å². The number of ether oxygens (including phenoxy) is 1. The van der Waals surface area contributed by atoms with Crippen LogP contribution in [0, 0.1) is 0 Å². The molecule has 0 atom stereocenters. The summed E-state index contributed by atoms with van der Waals surface area (Å²) in [5.41, 5.74) is -2.29. The monoisotopic (exact) mass is 595 g/mol. The molecule has 2 aromatic carbocycles. The SMILES string of the molecule is O=C(c1ccccc1Cl)c1ccncc1-c1nnn(Cc2cc(C(F)(F)F)cc(C(F)(F)F)c2)c1N1CCOCC1. The van der Waals surface area contributed by atoms with E-state index in [-0.39, 0.29) is 39.0 Å². The van der Waals surface area contributed by atoms with Crippen LogP contribution in [0.1, 0.15) is 32.6 Å². The van der Waals surface area contributed by atoms with Crippen LogP contribution in [0.3, 0.4) is 0 Å². The van der Waals surface area contributed by atoms with Crippen molar-refractivity contribution >= 4 is 23.2 Å². The molecule has 0 N–H and O–H groups in total. The maximum Gasteiger partial charge on any atom is 0.416 e. The number of halogens is 7. The quantitative estimate of drug-likeness (QED) is 0.197. The number of ketones is 1. The number of carbonyl (C=O) groups excluding carboxylic acids is 1. The molecule has 7 nitrogen and oxygen atoms in total. The van der Waals surface area contributed by atoms with Gasteiger partial charge >= 0.3 is 12.4 Å². The highest BCUT2D eigenvalue weighted by Crippen LogP contribution is 2.38. The molecule has 41 heavy (non-hydrogen) atoms. The van der Waals surface area contributed by atoms with Crippen LogP contribution in [0.15, 0.2) is 60.9 Å². The number of rotatable bonds is 6. The minimum Gasteiger partial charge on any atom is -0.378 e. The van der Waals surface area contributed by atoms with Crippen LogP contribution in [0.2, 0.25) is 5.02 Å². The van der Waals surface area contributed by atoms with Crippen molar-refractivity contribution in [3.05, 3.63) is 93.8 Å². The minimum atomic E-state index is -5.00. The average molecular weight is 596 g/mol. The Morgan fingerprint density at radius 2 is 1.59 bits per heavy atom. The first-order valence-corrected chi connectivity index (χ1v) is 12.6. The number of nitrogens with zero attached hydrogens (tertiary/aromatic N) is 5. The molecule has 0 bridgehead atoms. The van der Waals surface area contributed by atoms with Gasteiger partial charge in [-0.1, -0.05) is 28.9 Å². The van der Waals surface area contributed by atoms with E-state index in [9.17, 15) is 31.1 Å². The van der Waals surface area contributed by atoms with Crippen LogP contribution >= 0.6 is 11.6 Å². The van der Waals surface area contributed by atoms with Gasteiger partial charge < -0.3 is 9.64 Å². The van der Waals surface area contributed by atoms with E-state index < -0.39 is 35.8 Å². The third kappa shape index (κ3) is 6.05. The van der Waals surface area contributed by atoms with Crippen LogP contribution in [-0.2, 0) is 23.6 Å². The van der Waals surface area contributed by atoms with Crippen LogP contribution in [0.25, 0.3) is 11.3 Å². The van der Waals surface area contributed by atoms with Gasteiger partial charge in [0.05, 0.1) is 35.9 Å². The van der Waals surface area contributed by atoms with Gasteiger partial charge in [0.1, 0.15) is 5.69 Å². The summed E-state index contributed by atoms with van der Waals surface area (Å²) in [4.78, 5) is 19.4. The van der Waals surface area contributed by atoms with Crippen molar-refractivity contribution in [2.75, 3.05) is 31.2 Å². The van der Waals surface area contributed by atoms with Crippen molar-refractivity contribution in [1.82, 2.24) is 20.0 Å². The summed E-state index contributed by atoms with van der Waals surface area (Å²) in [6.07, 6.45) is -7.19. The van der Waals surface area contributed by atoms with Gasteiger partial charge in [0, 0.05) is 42.2 Å². The maximum atomic E-state index is 13.5. The van der Waals surface area contributed by atoms with Gasteiger partial charge in [0.25, 0.3) is 0 Å². The zero-order chi connectivity index (χ0) is 29.4. The Morgan fingerprint density at radius 3 is 2.22 bits per heavy atom. The normalized spacial score (nSPS) is 14.4. The predicted octanol–water partition coefficient (Wildman–Crippen LogP) is 6.15. The van der Waals surface area contributed by atoms with Crippen LogP contribution in [0.4, 0.5) is 32.2 Å². The second-order valence-corrected chi connectivity index (χ2v) is 9.57. The lowest BCUT2D eigenvalue weighted by atomic mass is 9.98. The first-order chi connectivity index (χ1) is 19.4. The Balaban J connectivity index is 1.63. The summed E-state index contributed by atoms with van der Waals surface area (Å²) in [6, 6.07) is 9.29. The molecule has 1 fully saturated rings. The average Bonchev–Trinajstić information content (AvgIpc) is 3.35. The highest BCUT2D eigenvalue weighted by Gasteiger charge is 2.37. The van der Waals surface area contributed by atoms with Gasteiger partial charge in [-0.15, -0.1) is 5.10 Å². The van der Waals surface area contributed by atoms with Crippen LogP contribution in [0.5, 0.6) is 0 Å². The molecule has 1 aliphatic rings. The molecule has 214 valence electrons. The van der Waals surface area contributed by atoms with Crippen molar-refractivity contribution < 1.29 is 35.9 Å². The molecule has 1 aliphatic heterocycles. The number of alkyl halides is 6. The van der Waals surface area contributed by atoms with Gasteiger partial charge in [-0.05, 0) is 42.0 Å². The van der Waals surface area contributed by atoms with E-state index in [1.54, 1.807) is 29.2 Å². The maximum absolute atomic E-state index is 13.5. The van der Waals surface area contributed by atoms with E-state index in [0.717, 1.165) is 0 Å². The highest BCUT2D eigenvalue weighted by molar-refractivity contribution is 6.35. The van der Waals surface area contributed by atoms with Crippen molar-refractivity contribution in [2.24, 2.45) is 0 Å². The summed E-state index contributed by atoms with van der Waals surface area (Å²) < 4.78 is 87.6. The fourth-order valence-corrected chi connectivity index (χ4v) is 4.75. The molecular formula is C27H20ClF6N5O2. The summed E-state index contributed by atoms with van der Waals surface area (Å²) in [6.45, 7) is 0.839. The van der Waals surface area contributed by atoms with E-state index in [2.05, 4.69) is 15.3 Å². The number of pyridine rings is 1. The standard InChI is InChI=1S/C27H20ClF6N5O2/c28-22-4-2-1-3-20(22)24(40)19-5-6-35-14-21(19)23-25(38-7-9-41-10-8-38)39(37-36-23)15-16-11-17(26(29,30)31)13-18(12-16)27(32,33)34/h1-6,11-14H,7-10,15H2. The summed E-state index contributed by atoms with van der Waals surface area (Å²) in [7, 11) is 0. The molecule has 0 aliphatic carbocycles. The third-order valence-corrected chi connectivity index (χ3v) is 6.77. The van der Waals surface area contributed by atoms with Gasteiger partial charge in [0.15, 0.2) is 11.6 Å². The molecule has 0 amide bonds. The van der Waals surface area contributed by atoms with Crippen molar-refractivity contribution in [3.8, 4) is 11.3 Å². The van der Waals surface area contributed by atoms with E-state index >= 15 is 0 Å². The molecule has 4 aromatic rings. The second kappa shape index (κ2) is 11.1. The fourth-order valence-electron chi connectivity index (χ4n) is 4.53. The zero-order valence-corrected chi connectivity index (χ0v) is 21.8. The summed E-state index contributed by atoms with van der Waals surface area (Å²) >= 11 is 6.25. The van der Waals surface area contributed by atoms with Gasteiger partial charge in [-0.3, -0.25) is 9.78 Å². The lowest BCUT2D eigenvalue weighted by Crippen LogP contribution is -2.38. The van der Waals surface area contributed by atoms with E-state index in [1.165, 1.54) is 23.1 Å². The Bertz CT molecular complexity index is 1550. The lowest BCUT2D eigenvalue weighted by molar-refractivity contribution is -0.143. The lowest BCUT2D eigenvalue weighted by Gasteiger charge is -2.29. The molecular weight excluding hydrogens is 576 g/mol. The van der Waals surface area contributed by atoms with Crippen molar-refractivity contribution in [1.29, 1.82) is 0 Å². The first-order valence-electron chi connectivity index (χ1n) is 12.2. The molecule has 0 radical (unpaired) electrons. The number of hydrogen-bond acceptors (Lipinski definition) is 6. The van der Waals surface area contributed by atoms with Crippen molar-refractivity contribution in [2.45, 2.75) is 18.9 Å². The Hall–Kier alpha value is -3.97. The molecule has 3 heterocycles. The predicted molar refractivity (Wildman–Crippen MR) is 137 cm³/mol. The number of hydrogen-bond donors (Lipinski definition) is 0. The Morgan fingerprint density at radius 1 is 0.927 bits per heavy atom. The molecule has 5 rings (SSSR count). The smallest absolute Gasteiger partial charge is 0.378 e. The second-order valence-electron chi connectivity index (χ2n) is 9.16. The minimum absolute atomic E-state index is 0.0708. The largest absolute Gasteiger partial charge is 0.416 e. The summed E-state index contributed by atoms with van der Waals surface area (Å²) in [5.74, 6) is -0.136. The molecule has 14 heteroatoms. The number of benzene rings is 2. The van der Waals surface area contributed by atoms with Crippen LogP contribution in [-0.4, -0.2) is 52.1 Å². The van der Waals surface area contributed by atoms with Gasteiger partial charge in [0.2, 0.25) is 0 Å². The fraction of sp³-hybridized carbons (Fsp3) is 0.259. The summed E-state index contributed by atoms with van der Waals surface area (Å²) in [5, 5.41) is 8.54. The molecule has 0 unspecified atom stereocenters. The van der Waals surface area contributed by atoms with Crippen LogP contribution < -0.4 is 4.90 Å². The first kappa shape index (κ1) is 28.6. The highest BCUT2D eigenvalue weighted by atomic mass is 35.5. The molecule has 0 saturated carbocycles. The number of carbonyl (C=O) groups is 1. The molecule has 2 aromatic heterocycles. The number of morpholine rings is 1. The zero-order valence-electron chi connectivity index (χ0n) is 21.0. The van der Waals surface area contributed by atoms with Gasteiger partial charge in [-0.25, -0.2) is 4.68 Å². The topological polar surface area (TPSA) is 73.1 Å².